The van der Waals surface area contributed by atoms with Gasteiger partial charge in [0.25, 0.3) is 0 Å². The fourth-order valence-corrected chi connectivity index (χ4v) is 6.90. The number of allylic oxidation sites excluding steroid dienone is 3. The van der Waals surface area contributed by atoms with Crippen molar-refractivity contribution in [1.29, 1.82) is 0 Å². The van der Waals surface area contributed by atoms with Crippen LogP contribution in [0.5, 0.6) is 0 Å². The smallest absolute Gasteiger partial charge is 0.304 e. The number of imidazole rings is 1. The third-order valence-electron chi connectivity index (χ3n) is 7.16. The van der Waals surface area contributed by atoms with Gasteiger partial charge in [0.2, 0.25) is 4.87 Å². The van der Waals surface area contributed by atoms with Gasteiger partial charge in [-0.25, -0.2) is 18.1 Å². The quantitative estimate of drug-likeness (QED) is 0.214. The lowest BCUT2D eigenvalue weighted by atomic mass is 9.91. The van der Waals surface area contributed by atoms with Crippen LogP contribution < -0.4 is 0 Å². The number of sulfone groups is 1. The van der Waals surface area contributed by atoms with E-state index in [1.807, 2.05) is 0 Å². The summed E-state index contributed by atoms with van der Waals surface area (Å²) in [6.07, 6.45) is -1.03. The van der Waals surface area contributed by atoms with Gasteiger partial charge in [-0.15, -0.1) is 5.10 Å². The zero-order valence-corrected chi connectivity index (χ0v) is 23.7. The molecule has 1 unspecified atom stereocenters. The van der Waals surface area contributed by atoms with Crippen molar-refractivity contribution in [3.05, 3.63) is 113 Å². The van der Waals surface area contributed by atoms with Crippen LogP contribution in [-0.4, -0.2) is 38.7 Å². The highest BCUT2D eigenvalue weighted by atomic mass is 35.5. The summed E-state index contributed by atoms with van der Waals surface area (Å²) in [4.78, 5) is 1.15. The summed E-state index contributed by atoms with van der Waals surface area (Å²) >= 11 is 5.89. The first kappa shape index (κ1) is 29.6. The van der Waals surface area contributed by atoms with Gasteiger partial charge in [0.1, 0.15) is 11.5 Å². The molecule has 0 radical (unpaired) electrons. The number of rotatable bonds is 7. The summed E-state index contributed by atoms with van der Waals surface area (Å²) in [5, 5.41) is 7.77. The molecule has 7 nitrogen and oxygen atoms in total. The van der Waals surface area contributed by atoms with Crippen LogP contribution in [0.4, 0.5) is 22.0 Å². The van der Waals surface area contributed by atoms with E-state index in [-0.39, 0.29) is 16.5 Å². The average molecular weight is 624 g/mol. The Morgan fingerprint density at radius 1 is 1.00 bits per heavy atom. The first-order valence-electron chi connectivity index (χ1n) is 12.6. The molecule has 2 aromatic carbocycles. The number of alkyl halides is 5. The number of benzene rings is 2. The van der Waals surface area contributed by atoms with Gasteiger partial charge in [-0.1, -0.05) is 72.3 Å². The minimum atomic E-state index is -4.84. The maximum atomic E-state index is 16.2. The van der Waals surface area contributed by atoms with E-state index in [0.29, 0.717) is 22.0 Å². The molecule has 4 aromatic rings. The topological polar surface area (TPSA) is 82.7 Å². The van der Waals surface area contributed by atoms with Gasteiger partial charge < -0.3 is 4.57 Å². The van der Waals surface area contributed by atoms with Crippen molar-refractivity contribution in [3.63, 3.8) is 0 Å². The second-order valence-corrected chi connectivity index (χ2v) is 12.5. The van der Waals surface area contributed by atoms with Crippen molar-refractivity contribution in [2.75, 3.05) is 5.75 Å². The molecule has 1 atom stereocenters. The highest BCUT2D eigenvalue weighted by Crippen LogP contribution is 2.49. The number of nitrogens with zero attached hydrogens (tertiary/aromatic N) is 5. The van der Waals surface area contributed by atoms with Gasteiger partial charge in [0.15, 0.2) is 15.5 Å². The molecule has 1 aliphatic rings. The maximum absolute atomic E-state index is 16.2. The lowest BCUT2D eigenvalue weighted by Crippen LogP contribution is -2.49. The molecular weight excluding hydrogens is 601 g/mol. The molecule has 0 aliphatic heterocycles. The minimum absolute atomic E-state index is 0.202. The van der Waals surface area contributed by atoms with E-state index >= 15 is 8.78 Å². The highest BCUT2D eigenvalue weighted by Gasteiger charge is 2.55. The summed E-state index contributed by atoms with van der Waals surface area (Å²) in [5.41, 5.74) is -1.90. The molecule has 0 N–H and O–H groups in total. The second-order valence-electron chi connectivity index (χ2n) is 9.63. The van der Waals surface area contributed by atoms with Crippen LogP contribution in [-0.2, 0) is 26.8 Å². The molecule has 0 spiro atoms. The van der Waals surface area contributed by atoms with Crippen LogP contribution in [0.25, 0.3) is 11.3 Å². The summed E-state index contributed by atoms with van der Waals surface area (Å²) < 4.78 is 103. The summed E-state index contributed by atoms with van der Waals surface area (Å²) in [7, 11) is -4.49. The Kier molecular flexibility index (Phi) is 7.38. The Bertz CT molecular complexity index is 1800. The lowest BCUT2D eigenvalue weighted by molar-refractivity contribution is -0.141. The molecule has 2 heterocycles. The van der Waals surface area contributed by atoms with Crippen molar-refractivity contribution in [3.8, 4) is 0 Å². The van der Waals surface area contributed by atoms with Crippen molar-refractivity contribution in [2.24, 2.45) is 0 Å². The van der Waals surface area contributed by atoms with Crippen LogP contribution in [0.1, 0.15) is 41.7 Å². The SMILES string of the molecule is CCS(=O)(=O)C1(n2nncc2C(F)(F)c2ccc(Cl)cc2)CC(c2ccccc2)=CC=C1n1cc(C(F)(F)F)nc1C. The van der Waals surface area contributed by atoms with E-state index in [1.54, 1.807) is 36.4 Å². The Labute approximate surface area is 242 Å². The summed E-state index contributed by atoms with van der Waals surface area (Å²) in [6.45, 7) is 2.59. The normalized spacial score (nSPS) is 18.1. The Hall–Kier alpha value is -3.84. The standard InChI is InChI=1S/C28H23ClF5N5O2S/c1-3-42(40,41)26(39-25(16-35-37-39)27(30,31)21-10-12-22(29)13-11-21)15-20(19-7-5-4-6-8-19)9-14-24(26)38-17-23(28(32,33)34)36-18(38)2/h4-14,16-17H,3,15H2,1-2H3. The van der Waals surface area contributed by atoms with Gasteiger partial charge in [0.05, 0.1) is 17.6 Å². The third kappa shape index (κ3) is 4.83. The third-order valence-corrected chi connectivity index (χ3v) is 9.73. The number of hydrogen-bond acceptors (Lipinski definition) is 5. The number of hydrogen-bond donors (Lipinski definition) is 0. The zero-order valence-electron chi connectivity index (χ0n) is 22.1. The van der Waals surface area contributed by atoms with Gasteiger partial charge in [-0.3, -0.25) is 0 Å². The molecule has 0 fully saturated rings. The molecule has 14 heteroatoms. The molecule has 5 rings (SSSR count). The molecule has 220 valence electrons. The number of aromatic nitrogens is 5. The Morgan fingerprint density at radius 3 is 2.26 bits per heavy atom. The maximum Gasteiger partial charge on any atom is 0.434 e. The fraction of sp³-hybridized carbons (Fsp3) is 0.250. The van der Waals surface area contributed by atoms with Crippen molar-refractivity contribution in [2.45, 2.75) is 37.2 Å². The van der Waals surface area contributed by atoms with Crippen LogP contribution >= 0.6 is 11.6 Å². The van der Waals surface area contributed by atoms with Crippen molar-refractivity contribution < 1.29 is 30.4 Å². The number of aryl methyl sites for hydroxylation is 1. The van der Waals surface area contributed by atoms with E-state index < -0.39 is 55.9 Å². The van der Waals surface area contributed by atoms with Gasteiger partial charge in [-0.2, -0.15) is 22.0 Å². The van der Waals surface area contributed by atoms with Crippen LogP contribution in [0.2, 0.25) is 5.02 Å². The minimum Gasteiger partial charge on any atom is -0.304 e. The summed E-state index contributed by atoms with van der Waals surface area (Å²) in [5.74, 6) is -4.59. The average Bonchev–Trinajstić information content (AvgIpc) is 3.61. The molecule has 0 amide bonds. The molecule has 1 aliphatic carbocycles. The Balaban J connectivity index is 1.84. The lowest BCUT2D eigenvalue weighted by Gasteiger charge is -2.40. The predicted molar refractivity (Wildman–Crippen MR) is 147 cm³/mol. The van der Waals surface area contributed by atoms with E-state index in [1.165, 1.54) is 32.1 Å². The van der Waals surface area contributed by atoms with Crippen LogP contribution in [0.3, 0.4) is 0 Å². The van der Waals surface area contributed by atoms with Gasteiger partial charge >= 0.3 is 12.1 Å². The second kappa shape index (κ2) is 10.5. The van der Waals surface area contributed by atoms with E-state index in [2.05, 4.69) is 15.3 Å². The van der Waals surface area contributed by atoms with Gasteiger partial charge in [0, 0.05) is 23.2 Å². The molecule has 2 aromatic heterocycles. The monoisotopic (exact) mass is 623 g/mol. The van der Waals surface area contributed by atoms with Gasteiger partial charge in [-0.05, 0) is 36.3 Å². The first-order valence-corrected chi connectivity index (χ1v) is 14.6. The molecule has 0 saturated heterocycles. The van der Waals surface area contributed by atoms with E-state index in [0.717, 1.165) is 22.9 Å². The molecule has 0 saturated carbocycles. The molecule has 42 heavy (non-hydrogen) atoms. The van der Waals surface area contributed by atoms with E-state index in [9.17, 15) is 21.6 Å². The van der Waals surface area contributed by atoms with Crippen LogP contribution in [0, 0.1) is 6.92 Å². The largest absolute Gasteiger partial charge is 0.434 e. The Morgan fingerprint density at radius 2 is 1.67 bits per heavy atom. The molecule has 0 bridgehead atoms. The van der Waals surface area contributed by atoms with E-state index in [4.69, 9.17) is 11.6 Å². The van der Waals surface area contributed by atoms with Crippen molar-refractivity contribution in [1.82, 2.24) is 24.5 Å². The van der Waals surface area contributed by atoms with Crippen molar-refractivity contribution >= 4 is 32.7 Å². The zero-order chi connectivity index (χ0) is 30.5. The first-order chi connectivity index (χ1) is 19.7. The molecular formula is C28H23ClF5N5O2S. The number of halogens is 6. The fourth-order valence-electron chi connectivity index (χ4n) is 5.04. The highest BCUT2D eigenvalue weighted by molar-refractivity contribution is 7.92. The predicted octanol–water partition coefficient (Wildman–Crippen LogP) is 6.71. The van der Waals surface area contributed by atoms with Crippen LogP contribution in [0.15, 0.2) is 79.1 Å². The summed E-state index contributed by atoms with van der Waals surface area (Å²) in [6, 6.07) is 13.3.